The first-order valence-electron chi connectivity index (χ1n) is 25.9. The van der Waals surface area contributed by atoms with E-state index in [2.05, 4.69) is 273 Å². The molecule has 12 aromatic rings. The minimum absolute atomic E-state index is 0. The summed E-state index contributed by atoms with van der Waals surface area (Å²) in [5.41, 5.74) is 19.8. The van der Waals surface area contributed by atoms with E-state index in [4.69, 9.17) is 9.72 Å². The van der Waals surface area contributed by atoms with E-state index < -0.39 is 0 Å². The van der Waals surface area contributed by atoms with Crippen LogP contribution >= 0.6 is 0 Å². The maximum atomic E-state index is 6.80. The first kappa shape index (κ1) is 49.1. The van der Waals surface area contributed by atoms with Crippen LogP contribution in [0.4, 0.5) is 22.7 Å². The number of pyridine rings is 1. The van der Waals surface area contributed by atoms with Gasteiger partial charge in [0.1, 0.15) is 5.82 Å². The molecule has 0 radical (unpaired) electrons. The van der Waals surface area contributed by atoms with Gasteiger partial charge in [0.25, 0.3) is 0 Å². The molecule has 1 aliphatic heterocycles. The zero-order valence-corrected chi connectivity index (χ0v) is 45.5. The summed E-state index contributed by atoms with van der Waals surface area (Å²) < 4.78 is 9.01. The minimum atomic E-state index is 0. The number of hydrogen-bond acceptors (Lipinski definition) is 4. The van der Waals surface area contributed by atoms with Gasteiger partial charge in [-0.25, -0.2) is 4.98 Å². The molecule has 3 heterocycles. The SMILES string of the molecule is Cc1cc(-n2c3[c-]c(Oc4[c-]c(N5[CH-]N(c6c(-c7ccc(C(C)(C)C)cc7)cccc6-c6cccc(-c7ccccc7)c6)c6ccccc65)ccc4)ccc3c3cc(-c4ccccc4)ccc32)ncc1-c1ccccc1.[Pt]. The van der Waals surface area contributed by atoms with Gasteiger partial charge in [-0.05, 0) is 98.1 Å². The third-order valence-corrected chi connectivity index (χ3v) is 14.7. The summed E-state index contributed by atoms with van der Waals surface area (Å²) in [4.78, 5) is 9.68. The standard InChI is InChI=1S/C71H53N4O.Pt/c1-48-41-69(72-46-64(48)51-23-12-7-13-24-51)75-65-40-35-54(50-21-10-6-11-22-50)43-63(65)62-39-38-59(45-68(62)75)76-58-28-17-27-57(44-58)73-47-74(67-32-15-14-31-66(67)73)70-60(52-33-36-56(37-34-52)71(2,3)4)29-18-30-61(70)55-26-16-25-53(42-55)49-19-8-5-9-20-49;/h5-43,46-47H,1-4H3;/q-3;. The largest absolute Gasteiger partial charge is 0.509 e. The molecule has 0 bridgehead atoms. The molecule has 0 aliphatic carbocycles. The van der Waals surface area contributed by atoms with E-state index in [9.17, 15) is 0 Å². The molecule has 77 heavy (non-hydrogen) atoms. The summed E-state index contributed by atoms with van der Waals surface area (Å²) in [6.07, 6.45) is 1.98. The van der Waals surface area contributed by atoms with Crippen molar-refractivity contribution in [3.8, 4) is 73.0 Å². The van der Waals surface area contributed by atoms with Gasteiger partial charge in [-0.2, -0.15) is 12.1 Å². The Bertz CT molecular complexity index is 4110. The predicted molar refractivity (Wildman–Crippen MR) is 315 cm³/mol. The van der Waals surface area contributed by atoms with Crippen molar-refractivity contribution in [1.29, 1.82) is 0 Å². The molecule has 0 saturated carbocycles. The number of hydrogen-bond donors (Lipinski definition) is 0. The Kier molecular flexibility index (Phi) is 13.0. The molecule has 0 spiro atoms. The van der Waals surface area contributed by atoms with Crippen LogP contribution in [0.3, 0.4) is 0 Å². The van der Waals surface area contributed by atoms with Gasteiger partial charge in [0.15, 0.2) is 0 Å². The summed E-state index contributed by atoms with van der Waals surface area (Å²) in [6, 6.07) is 91.3. The van der Waals surface area contributed by atoms with Gasteiger partial charge < -0.3 is 19.1 Å². The Morgan fingerprint density at radius 3 is 1.70 bits per heavy atom. The van der Waals surface area contributed by atoms with E-state index in [1.807, 2.05) is 30.5 Å². The van der Waals surface area contributed by atoms with Crippen molar-refractivity contribution in [3.05, 3.63) is 273 Å². The fraction of sp³-hybridized carbons (Fsp3) is 0.0704. The number of aryl methyl sites for hydroxylation is 1. The van der Waals surface area contributed by atoms with Gasteiger partial charge in [-0.3, -0.25) is 0 Å². The minimum Gasteiger partial charge on any atom is -0.509 e. The third kappa shape index (κ3) is 9.32. The van der Waals surface area contributed by atoms with Crippen LogP contribution in [0.1, 0.15) is 31.9 Å². The van der Waals surface area contributed by atoms with Gasteiger partial charge in [0, 0.05) is 78.0 Å². The van der Waals surface area contributed by atoms with E-state index in [0.717, 1.165) is 100 Å². The van der Waals surface area contributed by atoms with Gasteiger partial charge >= 0.3 is 0 Å². The second-order valence-electron chi connectivity index (χ2n) is 20.6. The van der Waals surface area contributed by atoms with Crippen LogP contribution in [-0.2, 0) is 26.5 Å². The number of para-hydroxylation sites is 3. The number of anilines is 4. The zero-order valence-electron chi connectivity index (χ0n) is 43.2. The molecular formula is C71H53N4OPt-3. The van der Waals surface area contributed by atoms with Crippen molar-refractivity contribution in [1.82, 2.24) is 9.55 Å². The van der Waals surface area contributed by atoms with E-state index in [1.165, 1.54) is 16.7 Å². The maximum absolute atomic E-state index is 6.80. The second kappa shape index (κ2) is 20.4. The van der Waals surface area contributed by atoms with Crippen LogP contribution in [-0.4, -0.2) is 9.55 Å². The fourth-order valence-electron chi connectivity index (χ4n) is 10.8. The van der Waals surface area contributed by atoms with E-state index in [0.29, 0.717) is 11.5 Å². The summed E-state index contributed by atoms with van der Waals surface area (Å²) in [6.45, 7) is 11.1. The summed E-state index contributed by atoms with van der Waals surface area (Å²) >= 11 is 0. The number of benzene rings is 10. The van der Waals surface area contributed by atoms with E-state index >= 15 is 0 Å². The van der Waals surface area contributed by atoms with Crippen LogP contribution in [0.5, 0.6) is 11.5 Å². The number of aromatic nitrogens is 2. The van der Waals surface area contributed by atoms with Crippen LogP contribution in [0, 0.1) is 25.7 Å². The Labute approximate surface area is 465 Å². The zero-order chi connectivity index (χ0) is 51.3. The Morgan fingerprint density at radius 1 is 0.455 bits per heavy atom. The van der Waals surface area contributed by atoms with Gasteiger partial charge in [-0.1, -0.05) is 202 Å². The molecule has 376 valence electrons. The molecule has 0 N–H and O–H groups in total. The summed E-state index contributed by atoms with van der Waals surface area (Å²) in [5, 5.41) is 2.17. The molecule has 0 amide bonds. The van der Waals surface area contributed by atoms with Gasteiger partial charge in [0.2, 0.25) is 0 Å². The number of ether oxygens (including phenoxy) is 1. The van der Waals surface area contributed by atoms with Crippen LogP contribution in [0.25, 0.3) is 83.3 Å². The molecule has 0 unspecified atom stereocenters. The van der Waals surface area contributed by atoms with Crippen molar-refractivity contribution in [2.24, 2.45) is 0 Å². The first-order chi connectivity index (χ1) is 37.2. The molecule has 0 saturated heterocycles. The van der Waals surface area contributed by atoms with Crippen LogP contribution < -0.4 is 14.5 Å². The average Bonchev–Trinajstić information content (AvgIpc) is 4.16. The van der Waals surface area contributed by atoms with E-state index in [-0.39, 0.29) is 26.5 Å². The van der Waals surface area contributed by atoms with Crippen molar-refractivity contribution in [3.63, 3.8) is 0 Å². The monoisotopic (exact) mass is 1170 g/mol. The molecular weight excluding hydrogens is 1120 g/mol. The summed E-state index contributed by atoms with van der Waals surface area (Å²) in [5.74, 6) is 1.97. The molecule has 0 atom stereocenters. The molecule has 6 heteroatoms. The maximum Gasteiger partial charge on any atom is 0.135 e. The average molecular weight is 1170 g/mol. The topological polar surface area (TPSA) is 33.5 Å². The smallest absolute Gasteiger partial charge is 0.135 e. The first-order valence-corrected chi connectivity index (χ1v) is 25.9. The number of rotatable bonds is 10. The molecule has 10 aromatic carbocycles. The van der Waals surface area contributed by atoms with Gasteiger partial charge in [0.05, 0.1) is 0 Å². The van der Waals surface area contributed by atoms with Crippen molar-refractivity contribution < 1.29 is 25.8 Å². The Balaban J connectivity index is 0.00000596. The normalized spacial score (nSPS) is 12.2. The van der Waals surface area contributed by atoms with Crippen LogP contribution in [0.15, 0.2) is 243 Å². The summed E-state index contributed by atoms with van der Waals surface area (Å²) in [7, 11) is 0. The van der Waals surface area contributed by atoms with Gasteiger partial charge in [-0.15, -0.1) is 48.1 Å². The number of nitrogens with zero attached hydrogens (tertiary/aromatic N) is 4. The molecule has 13 rings (SSSR count). The second-order valence-corrected chi connectivity index (χ2v) is 20.6. The van der Waals surface area contributed by atoms with Crippen molar-refractivity contribution in [2.45, 2.75) is 33.1 Å². The van der Waals surface area contributed by atoms with Crippen molar-refractivity contribution >= 4 is 44.6 Å². The van der Waals surface area contributed by atoms with Crippen LogP contribution in [0.2, 0.25) is 0 Å². The molecule has 1 aliphatic rings. The Hall–Kier alpha value is -8.76. The molecule has 2 aromatic heterocycles. The predicted octanol–water partition coefficient (Wildman–Crippen LogP) is 18.9. The fourth-order valence-corrected chi connectivity index (χ4v) is 10.8. The third-order valence-electron chi connectivity index (χ3n) is 14.7. The molecule has 5 nitrogen and oxygen atoms in total. The van der Waals surface area contributed by atoms with Crippen molar-refractivity contribution in [2.75, 3.05) is 9.80 Å². The molecule has 0 fully saturated rings. The quantitative estimate of drug-likeness (QED) is 0.128. The number of fused-ring (bicyclic) bond motifs is 4. The Morgan fingerprint density at radius 2 is 1.01 bits per heavy atom. The van der Waals surface area contributed by atoms with E-state index in [1.54, 1.807) is 0 Å².